The van der Waals surface area contributed by atoms with Crippen LogP contribution in [0, 0.1) is 0 Å². The van der Waals surface area contributed by atoms with Crippen molar-refractivity contribution >= 4 is 15.9 Å². The Labute approximate surface area is 147 Å². The Morgan fingerprint density at radius 3 is 2.32 bits per heavy atom. The molecule has 0 aromatic heterocycles. The number of aryl methyl sites for hydroxylation is 1. The average molecular weight is 362 g/mol. The lowest BCUT2D eigenvalue weighted by Crippen LogP contribution is -2.28. The molecule has 0 heterocycles. The summed E-state index contributed by atoms with van der Waals surface area (Å²) in [7, 11) is -2.09. The number of benzene rings is 2. The molecule has 0 aliphatic carbocycles. The van der Waals surface area contributed by atoms with Crippen molar-refractivity contribution in [3.8, 4) is 0 Å². The Morgan fingerprint density at radius 1 is 1.08 bits per heavy atom. The van der Waals surface area contributed by atoms with Crippen LogP contribution in [0.1, 0.15) is 23.7 Å². The van der Waals surface area contributed by atoms with Gasteiger partial charge in [0, 0.05) is 13.0 Å². The molecule has 0 aliphatic heterocycles. The third kappa shape index (κ3) is 5.67. The van der Waals surface area contributed by atoms with Gasteiger partial charge in [0.05, 0.1) is 11.0 Å². The summed E-state index contributed by atoms with van der Waals surface area (Å²) in [6.07, 6.45) is 0.0171. The van der Waals surface area contributed by atoms with Crippen LogP contribution < -0.4 is 10.0 Å². The molecule has 0 spiro atoms. The predicted octanol–water partition coefficient (Wildman–Crippen LogP) is 1.38. The molecule has 0 radical (unpaired) electrons. The molecule has 0 fully saturated rings. The number of hydrogen-bond acceptors (Lipinski definition) is 4. The van der Waals surface area contributed by atoms with Crippen LogP contribution in [0.2, 0.25) is 0 Å². The van der Waals surface area contributed by atoms with Gasteiger partial charge >= 0.3 is 0 Å². The van der Waals surface area contributed by atoms with Gasteiger partial charge in [0.2, 0.25) is 15.9 Å². The smallest absolute Gasteiger partial charge is 0.240 e. The lowest BCUT2D eigenvalue weighted by atomic mass is 10.1. The minimum absolute atomic E-state index is 0.155. The molecule has 2 rings (SSSR count). The molecule has 2 aromatic carbocycles. The zero-order valence-corrected chi connectivity index (χ0v) is 14.8. The van der Waals surface area contributed by atoms with Crippen molar-refractivity contribution in [1.82, 2.24) is 10.0 Å². The number of nitrogens with one attached hydrogen (secondary N) is 2. The predicted molar refractivity (Wildman–Crippen MR) is 95.4 cm³/mol. The fourth-order valence-corrected chi connectivity index (χ4v) is 3.03. The minimum Gasteiger partial charge on any atom is -0.387 e. The summed E-state index contributed by atoms with van der Waals surface area (Å²) in [6.45, 7) is 0.155. The summed E-state index contributed by atoms with van der Waals surface area (Å²) in [5.41, 5.74) is 1.62. The van der Waals surface area contributed by atoms with E-state index < -0.39 is 16.1 Å². The number of aliphatic hydroxyl groups excluding tert-OH is 1. The Balaban J connectivity index is 1.80. The van der Waals surface area contributed by atoms with Crippen LogP contribution in [0.4, 0.5) is 0 Å². The van der Waals surface area contributed by atoms with E-state index in [1.165, 1.54) is 19.2 Å². The molecular weight excluding hydrogens is 340 g/mol. The molecule has 2 aromatic rings. The van der Waals surface area contributed by atoms with Crippen molar-refractivity contribution < 1.29 is 18.3 Å². The second-order valence-corrected chi connectivity index (χ2v) is 7.47. The number of sulfonamides is 1. The van der Waals surface area contributed by atoms with Crippen LogP contribution in [0.3, 0.4) is 0 Å². The molecule has 6 nitrogen and oxygen atoms in total. The van der Waals surface area contributed by atoms with Gasteiger partial charge in [0.1, 0.15) is 0 Å². The van der Waals surface area contributed by atoms with Crippen LogP contribution in [0.5, 0.6) is 0 Å². The van der Waals surface area contributed by atoms with Gasteiger partial charge < -0.3 is 10.4 Å². The van der Waals surface area contributed by atoms with E-state index in [2.05, 4.69) is 10.0 Å². The van der Waals surface area contributed by atoms with Crippen molar-refractivity contribution in [3.05, 3.63) is 65.7 Å². The minimum atomic E-state index is -3.45. The quantitative estimate of drug-likeness (QED) is 0.661. The highest BCUT2D eigenvalue weighted by Crippen LogP contribution is 2.12. The van der Waals surface area contributed by atoms with Crippen molar-refractivity contribution in [2.45, 2.75) is 23.8 Å². The van der Waals surface area contributed by atoms with Gasteiger partial charge in [-0.1, -0.05) is 42.5 Å². The summed E-state index contributed by atoms with van der Waals surface area (Å²) in [5, 5.41) is 12.7. The maximum absolute atomic E-state index is 11.9. The van der Waals surface area contributed by atoms with Crippen molar-refractivity contribution in [2.24, 2.45) is 0 Å². The van der Waals surface area contributed by atoms with Crippen LogP contribution in [0.25, 0.3) is 0 Å². The highest BCUT2D eigenvalue weighted by molar-refractivity contribution is 7.89. The van der Waals surface area contributed by atoms with Gasteiger partial charge in [-0.25, -0.2) is 13.1 Å². The molecule has 25 heavy (non-hydrogen) atoms. The Kier molecular flexibility index (Phi) is 6.69. The SMILES string of the molecule is CNS(=O)(=O)c1ccc(CCC(=O)NCC(O)c2ccccc2)cc1. The Hall–Kier alpha value is -2.22. The standard InChI is InChI=1S/C18H22N2O4S/c1-19-25(23,24)16-10-7-14(8-11-16)9-12-18(22)20-13-17(21)15-5-3-2-4-6-15/h2-8,10-11,17,19,21H,9,12-13H2,1H3,(H,20,22). The second-order valence-electron chi connectivity index (χ2n) is 5.58. The van der Waals surface area contributed by atoms with Crippen LogP contribution in [-0.4, -0.2) is 33.0 Å². The lowest BCUT2D eigenvalue weighted by Gasteiger charge is -2.12. The van der Waals surface area contributed by atoms with E-state index in [1.807, 2.05) is 18.2 Å². The summed E-state index contributed by atoms with van der Waals surface area (Å²) in [5.74, 6) is -0.165. The molecule has 134 valence electrons. The van der Waals surface area contributed by atoms with Gasteiger partial charge in [-0.2, -0.15) is 0 Å². The van der Waals surface area contributed by atoms with Gasteiger partial charge in [-0.05, 0) is 36.7 Å². The van der Waals surface area contributed by atoms with E-state index in [-0.39, 0.29) is 23.8 Å². The van der Waals surface area contributed by atoms with Crippen LogP contribution in [0.15, 0.2) is 59.5 Å². The number of carbonyl (C=O) groups excluding carboxylic acids is 1. The van der Waals surface area contributed by atoms with Crippen molar-refractivity contribution in [3.63, 3.8) is 0 Å². The maximum Gasteiger partial charge on any atom is 0.240 e. The van der Waals surface area contributed by atoms with Crippen molar-refractivity contribution in [2.75, 3.05) is 13.6 Å². The number of carbonyl (C=O) groups is 1. The molecular formula is C18H22N2O4S. The molecule has 0 saturated heterocycles. The summed E-state index contributed by atoms with van der Waals surface area (Å²) in [4.78, 5) is 12.1. The molecule has 3 N–H and O–H groups in total. The zero-order valence-electron chi connectivity index (χ0n) is 14.0. The monoisotopic (exact) mass is 362 g/mol. The lowest BCUT2D eigenvalue weighted by molar-refractivity contribution is -0.121. The van der Waals surface area contributed by atoms with Gasteiger partial charge in [0.25, 0.3) is 0 Å². The van der Waals surface area contributed by atoms with Gasteiger partial charge in [-0.3, -0.25) is 4.79 Å². The average Bonchev–Trinajstić information content (AvgIpc) is 2.65. The third-order valence-corrected chi connectivity index (χ3v) is 5.25. The zero-order chi connectivity index (χ0) is 18.3. The van der Waals surface area contributed by atoms with Crippen molar-refractivity contribution in [1.29, 1.82) is 0 Å². The van der Waals surface area contributed by atoms with Gasteiger partial charge in [-0.15, -0.1) is 0 Å². The van der Waals surface area contributed by atoms with Crippen LogP contribution >= 0.6 is 0 Å². The van der Waals surface area contributed by atoms with E-state index in [4.69, 9.17) is 0 Å². The van der Waals surface area contributed by atoms with E-state index >= 15 is 0 Å². The number of aliphatic hydroxyl groups is 1. The molecule has 1 amide bonds. The topological polar surface area (TPSA) is 95.5 Å². The number of hydrogen-bond donors (Lipinski definition) is 3. The normalized spacial score (nSPS) is 12.6. The van der Waals surface area contributed by atoms with Crippen LogP contribution in [-0.2, 0) is 21.2 Å². The molecule has 0 aliphatic rings. The molecule has 1 atom stereocenters. The maximum atomic E-state index is 11.9. The van der Waals surface area contributed by atoms with E-state index in [1.54, 1.807) is 24.3 Å². The van der Waals surface area contributed by atoms with E-state index in [9.17, 15) is 18.3 Å². The second kappa shape index (κ2) is 8.75. The molecule has 0 saturated carbocycles. The summed E-state index contributed by atoms with van der Waals surface area (Å²) in [6, 6.07) is 15.5. The Bertz CT molecular complexity index is 790. The van der Waals surface area contributed by atoms with E-state index in [0.29, 0.717) is 6.42 Å². The highest BCUT2D eigenvalue weighted by Gasteiger charge is 2.11. The van der Waals surface area contributed by atoms with E-state index in [0.717, 1.165) is 11.1 Å². The first-order chi connectivity index (χ1) is 11.9. The number of rotatable bonds is 8. The molecule has 1 unspecified atom stereocenters. The summed E-state index contributed by atoms with van der Waals surface area (Å²) >= 11 is 0. The molecule has 0 bridgehead atoms. The fourth-order valence-electron chi connectivity index (χ4n) is 2.30. The van der Waals surface area contributed by atoms with Gasteiger partial charge in [0.15, 0.2) is 0 Å². The number of amides is 1. The third-order valence-electron chi connectivity index (χ3n) is 3.82. The first kappa shape index (κ1) is 19.1. The largest absolute Gasteiger partial charge is 0.387 e. The Morgan fingerprint density at radius 2 is 1.72 bits per heavy atom. The highest BCUT2D eigenvalue weighted by atomic mass is 32.2. The fraction of sp³-hybridized carbons (Fsp3) is 0.278. The first-order valence-electron chi connectivity index (χ1n) is 7.94. The molecule has 7 heteroatoms. The first-order valence-corrected chi connectivity index (χ1v) is 9.43. The summed E-state index contributed by atoms with van der Waals surface area (Å²) < 4.78 is 25.5.